The van der Waals surface area contributed by atoms with Crippen molar-refractivity contribution in [3.8, 4) is 0 Å². The summed E-state index contributed by atoms with van der Waals surface area (Å²) in [4.78, 5) is 34.4. The molecule has 2 N–H and O–H groups in total. The summed E-state index contributed by atoms with van der Waals surface area (Å²) < 4.78 is 25.2. The monoisotopic (exact) mass is 748 g/mol. The number of esters is 1. The third kappa shape index (κ3) is 12.7. The Morgan fingerprint density at radius 3 is 2.17 bits per heavy atom. The highest BCUT2D eigenvalue weighted by Crippen LogP contribution is 2.35. The van der Waals surface area contributed by atoms with Crippen LogP contribution in [-0.2, 0) is 28.5 Å². The van der Waals surface area contributed by atoms with Crippen LogP contribution in [0.15, 0.2) is 23.8 Å². The fraction of sp³-hybridized carbons (Fsp3) is 0.857. The Labute approximate surface area is 320 Å². The highest BCUT2D eigenvalue weighted by atomic mass is 16.7. The molecule has 11 nitrogen and oxygen atoms in total. The van der Waals surface area contributed by atoms with Crippen LogP contribution >= 0.6 is 0 Å². The molecule has 4 rings (SSSR count). The van der Waals surface area contributed by atoms with Crippen LogP contribution in [0, 0.1) is 23.7 Å². The molecule has 304 valence electrons. The molecule has 0 aromatic rings. The maximum absolute atomic E-state index is 13.8. The highest BCUT2D eigenvalue weighted by Gasteiger charge is 2.48. The number of aliphatic hydroxyl groups excluding tert-OH is 2. The van der Waals surface area contributed by atoms with Gasteiger partial charge in [-0.25, -0.2) is 0 Å². The lowest BCUT2D eigenvalue weighted by Crippen LogP contribution is -2.63. The van der Waals surface area contributed by atoms with Gasteiger partial charge in [0.1, 0.15) is 18.3 Å². The van der Waals surface area contributed by atoms with Crippen molar-refractivity contribution in [1.82, 2.24) is 14.7 Å². The zero-order chi connectivity index (χ0) is 38.7. The topological polar surface area (TPSA) is 121 Å². The van der Waals surface area contributed by atoms with E-state index in [4.69, 9.17) is 18.9 Å². The number of carbonyl (C=O) groups is 2. The van der Waals surface area contributed by atoms with Gasteiger partial charge < -0.3 is 43.9 Å². The molecular weight excluding hydrogens is 674 g/mol. The van der Waals surface area contributed by atoms with Crippen molar-refractivity contribution in [2.75, 3.05) is 60.5 Å². The average molecular weight is 748 g/mol. The lowest BCUT2D eigenvalue weighted by molar-refractivity contribution is -0.307. The number of likely N-dealkylation sites (N-methyl/N-ethyl adjacent to an activating group) is 1. The Morgan fingerprint density at radius 1 is 0.925 bits per heavy atom. The first-order valence-corrected chi connectivity index (χ1v) is 20.7. The molecule has 0 saturated carbocycles. The number of piperidine rings is 2. The van der Waals surface area contributed by atoms with Gasteiger partial charge in [-0.15, -0.1) is 0 Å². The number of cyclic esters (lactones) is 1. The van der Waals surface area contributed by atoms with Crippen LogP contribution in [0.2, 0.25) is 0 Å². The molecule has 0 amide bonds. The summed E-state index contributed by atoms with van der Waals surface area (Å²) in [5.74, 6) is -1.45. The van der Waals surface area contributed by atoms with Crippen molar-refractivity contribution in [2.24, 2.45) is 23.7 Å². The van der Waals surface area contributed by atoms with Crippen LogP contribution in [-0.4, -0.2) is 146 Å². The van der Waals surface area contributed by atoms with Gasteiger partial charge in [0, 0.05) is 31.4 Å². The second-order valence-corrected chi connectivity index (χ2v) is 16.8. The highest BCUT2D eigenvalue weighted by molar-refractivity contribution is 5.91. The Bertz CT molecular complexity index is 1180. The van der Waals surface area contributed by atoms with Crippen LogP contribution in [0.3, 0.4) is 0 Å². The number of rotatable bonds is 10. The van der Waals surface area contributed by atoms with E-state index in [0.717, 1.165) is 64.1 Å². The van der Waals surface area contributed by atoms with Crippen molar-refractivity contribution in [3.05, 3.63) is 23.8 Å². The number of hydrogen-bond acceptors (Lipinski definition) is 11. The fourth-order valence-corrected chi connectivity index (χ4v) is 9.14. The van der Waals surface area contributed by atoms with E-state index in [2.05, 4.69) is 15.9 Å². The molecule has 12 unspecified atom stereocenters. The maximum Gasteiger partial charge on any atom is 0.308 e. The zero-order valence-corrected chi connectivity index (χ0v) is 34.2. The predicted octanol–water partition coefficient (Wildman–Crippen LogP) is 4.84. The molecule has 4 heterocycles. The number of allylic oxidation sites excluding steroid dienone is 3. The van der Waals surface area contributed by atoms with Gasteiger partial charge in [0.15, 0.2) is 12.1 Å². The SMILES string of the molecule is CCC1OC(=O)CC(O)C(C)C(OC2OC(C)C(OC)C(N(C)C)C2O)C(CCN2CCCCC2)CC(C)C(=O)/C=C/C(C)=C/C1CN1CCCCC1. The van der Waals surface area contributed by atoms with E-state index in [1.807, 2.05) is 59.7 Å². The van der Waals surface area contributed by atoms with Gasteiger partial charge in [-0.2, -0.15) is 0 Å². The Hall–Kier alpha value is -1.70. The van der Waals surface area contributed by atoms with Crippen molar-refractivity contribution in [1.29, 1.82) is 0 Å². The lowest BCUT2D eigenvalue weighted by atomic mass is 9.79. The third-order valence-electron chi connectivity index (χ3n) is 12.4. The van der Waals surface area contributed by atoms with Gasteiger partial charge in [0.2, 0.25) is 0 Å². The molecule has 0 bridgehead atoms. The van der Waals surface area contributed by atoms with Gasteiger partial charge >= 0.3 is 5.97 Å². The summed E-state index contributed by atoms with van der Waals surface area (Å²) in [5.41, 5.74) is 0.966. The second kappa shape index (κ2) is 21.6. The summed E-state index contributed by atoms with van der Waals surface area (Å²) in [5, 5.41) is 23.6. The summed E-state index contributed by atoms with van der Waals surface area (Å²) in [6.07, 6.45) is 9.74. The van der Waals surface area contributed by atoms with E-state index in [-0.39, 0.29) is 48.3 Å². The molecular formula is C42H73N3O8. The number of carbonyl (C=O) groups excluding carboxylic acids is 2. The first-order valence-electron chi connectivity index (χ1n) is 20.7. The van der Waals surface area contributed by atoms with E-state index in [0.29, 0.717) is 12.8 Å². The minimum Gasteiger partial charge on any atom is -0.462 e. The fourth-order valence-electron chi connectivity index (χ4n) is 9.14. The molecule has 53 heavy (non-hydrogen) atoms. The van der Waals surface area contributed by atoms with Crippen molar-refractivity contribution >= 4 is 11.8 Å². The number of methoxy groups -OCH3 is 1. The summed E-state index contributed by atoms with van der Waals surface area (Å²) in [6.45, 7) is 15.6. The quantitative estimate of drug-likeness (QED) is 0.299. The normalized spacial score (nSPS) is 39.7. The number of nitrogens with zero attached hydrogens (tertiary/aromatic N) is 3. The maximum atomic E-state index is 13.8. The Balaban J connectivity index is 1.69. The van der Waals surface area contributed by atoms with Crippen LogP contribution < -0.4 is 0 Å². The summed E-state index contributed by atoms with van der Waals surface area (Å²) in [7, 11) is 5.42. The van der Waals surface area contributed by atoms with Crippen LogP contribution in [0.5, 0.6) is 0 Å². The Morgan fingerprint density at radius 2 is 1.57 bits per heavy atom. The van der Waals surface area contributed by atoms with Gasteiger partial charge in [0.25, 0.3) is 0 Å². The number of ether oxygens (including phenoxy) is 4. The van der Waals surface area contributed by atoms with Gasteiger partial charge in [-0.1, -0.05) is 51.3 Å². The molecule has 0 aromatic carbocycles. The van der Waals surface area contributed by atoms with Crippen molar-refractivity contribution < 1.29 is 38.7 Å². The second-order valence-electron chi connectivity index (χ2n) is 16.8. The predicted molar refractivity (Wildman–Crippen MR) is 207 cm³/mol. The summed E-state index contributed by atoms with van der Waals surface area (Å²) in [6, 6.07) is -0.396. The molecule has 4 aliphatic heterocycles. The zero-order valence-electron chi connectivity index (χ0n) is 34.2. The van der Waals surface area contributed by atoms with Gasteiger partial charge in [-0.05, 0) is 118 Å². The number of hydrogen-bond donors (Lipinski definition) is 2. The molecule has 12 atom stereocenters. The van der Waals surface area contributed by atoms with E-state index in [9.17, 15) is 19.8 Å². The van der Waals surface area contributed by atoms with E-state index < -0.39 is 42.5 Å². The first-order chi connectivity index (χ1) is 25.3. The number of aliphatic hydroxyl groups is 2. The first kappa shape index (κ1) is 44.0. The van der Waals surface area contributed by atoms with Gasteiger partial charge in [-0.3, -0.25) is 9.59 Å². The molecule has 11 heteroatoms. The number of ketones is 1. The molecule has 4 aliphatic rings. The van der Waals surface area contributed by atoms with Crippen LogP contribution in [0.1, 0.15) is 98.8 Å². The minimum atomic E-state index is -1.08. The molecule has 0 radical (unpaired) electrons. The van der Waals surface area contributed by atoms with Gasteiger partial charge in [0.05, 0.1) is 30.8 Å². The van der Waals surface area contributed by atoms with Crippen LogP contribution in [0.4, 0.5) is 0 Å². The largest absolute Gasteiger partial charge is 0.462 e. The standard InChI is InChI=1S/C42H73N3O8/c1-9-36-33(27-45-21-14-11-15-22-45)24-28(2)16-17-34(46)29(3)25-32(18-23-44-19-12-10-13-20-44)40(30(4)35(47)26-37(48)52-36)53-42-39(49)38(43(6)7)41(50-8)31(5)51-42/h16-17,24,29-33,35-36,38-42,47,49H,9-15,18-23,25-27H2,1-8H3/b17-16+,28-24+. The minimum absolute atomic E-state index is 0.0454. The summed E-state index contributed by atoms with van der Waals surface area (Å²) >= 11 is 0. The van der Waals surface area contributed by atoms with Crippen molar-refractivity contribution in [2.45, 2.75) is 148 Å². The molecule has 0 aromatic heterocycles. The molecule has 0 aliphatic carbocycles. The molecule has 0 spiro atoms. The average Bonchev–Trinajstić information content (AvgIpc) is 3.14. The van der Waals surface area contributed by atoms with E-state index in [1.54, 1.807) is 13.2 Å². The Kier molecular flexibility index (Phi) is 17.9. The van der Waals surface area contributed by atoms with Crippen LogP contribution in [0.25, 0.3) is 0 Å². The van der Waals surface area contributed by atoms with Crippen molar-refractivity contribution in [3.63, 3.8) is 0 Å². The smallest absolute Gasteiger partial charge is 0.308 e. The van der Waals surface area contributed by atoms with E-state index in [1.165, 1.54) is 25.7 Å². The molecule has 3 saturated heterocycles. The third-order valence-corrected chi connectivity index (χ3v) is 12.4. The molecule has 3 fully saturated rings. The number of likely N-dealkylation sites (tertiary alicyclic amines) is 2. The lowest BCUT2D eigenvalue weighted by Gasteiger charge is -2.48. The van der Waals surface area contributed by atoms with E-state index >= 15 is 0 Å².